The Morgan fingerprint density at radius 3 is 2.61 bits per heavy atom. The van der Waals surface area contributed by atoms with Gasteiger partial charge < -0.3 is 14.6 Å². The van der Waals surface area contributed by atoms with E-state index in [0.29, 0.717) is 11.1 Å². The Bertz CT molecular complexity index is 716. The Hall–Kier alpha value is -2.77. The smallest absolute Gasteiger partial charge is 0.481 e. The maximum atomic E-state index is 12.3. The number of aromatic nitrogens is 1. The molecule has 0 saturated heterocycles. The Balaban J connectivity index is 2.44. The van der Waals surface area contributed by atoms with Gasteiger partial charge in [-0.2, -0.15) is 0 Å². The van der Waals surface area contributed by atoms with E-state index in [4.69, 9.17) is 9.84 Å². The van der Waals surface area contributed by atoms with Crippen LogP contribution in [0.1, 0.15) is 5.69 Å². The van der Waals surface area contributed by atoms with Crippen molar-refractivity contribution in [3.05, 3.63) is 42.1 Å². The fourth-order valence-electron chi connectivity index (χ4n) is 2.00. The molecule has 2 rings (SSSR count). The first-order valence-corrected chi connectivity index (χ1v) is 6.40. The van der Waals surface area contributed by atoms with Crippen molar-refractivity contribution < 1.29 is 32.5 Å². The first-order chi connectivity index (χ1) is 10.8. The third-order valence-electron chi connectivity index (χ3n) is 2.86. The zero-order valence-electron chi connectivity index (χ0n) is 11.9. The molecule has 5 nitrogen and oxygen atoms in total. The Morgan fingerprint density at radius 1 is 1.26 bits per heavy atom. The van der Waals surface area contributed by atoms with Crippen LogP contribution in [-0.4, -0.2) is 29.5 Å². The molecule has 0 aliphatic heterocycles. The molecule has 1 aromatic carbocycles. The summed E-state index contributed by atoms with van der Waals surface area (Å²) in [6, 6.07) is 8.28. The largest absolute Gasteiger partial charge is 0.573 e. The zero-order valence-corrected chi connectivity index (χ0v) is 11.9. The Labute approximate surface area is 129 Å². The predicted octanol–water partition coefficient (Wildman–Crippen LogP) is 3.28. The van der Waals surface area contributed by atoms with E-state index in [1.54, 1.807) is 0 Å². The topological polar surface area (TPSA) is 68.7 Å². The minimum atomic E-state index is -4.80. The van der Waals surface area contributed by atoms with E-state index in [9.17, 15) is 18.0 Å². The number of carbonyl (C=O) groups is 1. The van der Waals surface area contributed by atoms with Gasteiger partial charge in [0.25, 0.3) is 0 Å². The molecule has 0 unspecified atom stereocenters. The summed E-state index contributed by atoms with van der Waals surface area (Å²) >= 11 is 0. The molecule has 8 heteroatoms. The highest BCUT2D eigenvalue weighted by Crippen LogP contribution is 2.30. The summed E-state index contributed by atoms with van der Waals surface area (Å²) < 4.78 is 45.7. The fourth-order valence-corrected chi connectivity index (χ4v) is 2.00. The quantitative estimate of drug-likeness (QED) is 0.913. The number of nitrogens with zero attached hydrogens (tertiary/aromatic N) is 1. The number of aliphatic carboxylic acids is 1. The first kappa shape index (κ1) is 16.6. The lowest BCUT2D eigenvalue weighted by atomic mass is 10.0. The number of alkyl halides is 3. The van der Waals surface area contributed by atoms with Crippen LogP contribution in [0.4, 0.5) is 13.2 Å². The van der Waals surface area contributed by atoms with Crippen molar-refractivity contribution in [2.75, 3.05) is 7.11 Å². The van der Waals surface area contributed by atoms with Crippen molar-refractivity contribution in [1.29, 1.82) is 0 Å². The molecule has 1 N–H and O–H groups in total. The highest BCUT2D eigenvalue weighted by Gasteiger charge is 2.31. The van der Waals surface area contributed by atoms with E-state index in [0.717, 1.165) is 6.07 Å². The summed E-state index contributed by atoms with van der Waals surface area (Å²) in [4.78, 5) is 15.0. The van der Waals surface area contributed by atoms with Gasteiger partial charge >= 0.3 is 12.3 Å². The number of pyridine rings is 1. The van der Waals surface area contributed by atoms with Gasteiger partial charge in [0, 0.05) is 11.6 Å². The minimum Gasteiger partial charge on any atom is -0.481 e. The SMILES string of the molecule is COc1ccc(-c2cccc(OC(F)(F)F)c2)c(CC(=O)O)n1. The molecule has 0 spiro atoms. The molecule has 0 radical (unpaired) electrons. The molecule has 0 fully saturated rings. The normalized spacial score (nSPS) is 11.1. The van der Waals surface area contributed by atoms with Crippen molar-refractivity contribution >= 4 is 5.97 Å². The molecule has 0 aliphatic carbocycles. The van der Waals surface area contributed by atoms with Crippen LogP contribution in [0, 0.1) is 0 Å². The third kappa shape index (κ3) is 4.60. The number of carboxylic acids is 1. The zero-order chi connectivity index (χ0) is 17.0. The molecular weight excluding hydrogens is 315 g/mol. The molecule has 23 heavy (non-hydrogen) atoms. The van der Waals surface area contributed by atoms with Crippen molar-refractivity contribution in [3.63, 3.8) is 0 Å². The van der Waals surface area contributed by atoms with Crippen molar-refractivity contribution in [2.45, 2.75) is 12.8 Å². The third-order valence-corrected chi connectivity index (χ3v) is 2.86. The van der Waals surface area contributed by atoms with Crippen LogP contribution < -0.4 is 9.47 Å². The number of ether oxygens (including phenoxy) is 2. The standard InChI is InChI=1S/C15H12F3NO4/c1-22-13-6-5-11(12(19-13)8-14(20)21)9-3-2-4-10(7-9)23-15(16,17)18/h2-7H,8H2,1H3,(H,20,21). The van der Waals surface area contributed by atoms with Gasteiger partial charge in [-0.15, -0.1) is 13.2 Å². The van der Waals surface area contributed by atoms with Crippen molar-refractivity contribution in [1.82, 2.24) is 4.98 Å². The summed E-state index contributed by atoms with van der Waals surface area (Å²) in [5, 5.41) is 8.96. The van der Waals surface area contributed by atoms with Crippen LogP contribution in [0.3, 0.4) is 0 Å². The monoisotopic (exact) mass is 327 g/mol. The van der Waals surface area contributed by atoms with Gasteiger partial charge in [0.15, 0.2) is 0 Å². The lowest BCUT2D eigenvalue weighted by Gasteiger charge is -2.12. The molecule has 0 amide bonds. The summed E-state index contributed by atoms with van der Waals surface area (Å²) in [7, 11) is 1.38. The number of halogens is 3. The second-order valence-electron chi connectivity index (χ2n) is 4.49. The molecule has 0 bridgehead atoms. The predicted molar refractivity (Wildman–Crippen MR) is 74.2 cm³/mol. The lowest BCUT2D eigenvalue weighted by molar-refractivity contribution is -0.274. The average Bonchev–Trinajstić information content (AvgIpc) is 2.45. The van der Waals surface area contributed by atoms with Crippen LogP contribution in [0.5, 0.6) is 11.6 Å². The van der Waals surface area contributed by atoms with Gasteiger partial charge in [-0.25, -0.2) is 4.98 Å². The molecular formula is C15H12F3NO4. The number of methoxy groups -OCH3 is 1. The minimum absolute atomic E-state index is 0.181. The van der Waals surface area contributed by atoms with Crippen LogP contribution in [0.2, 0.25) is 0 Å². The van der Waals surface area contributed by atoms with Crippen molar-refractivity contribution in [3.8, 4) is 22.8 Å². The molecule has 0 saturated carbocycles. The number of hydrogen-bond donors (Lipinski definition) is 1. The summed E-state index contributed by atoms with van der Waals surface area (Å²) in [5.41, 5.74) is 0.931. The van der Waals surface area contributed by atoms with Gasteiger partial charge in [-0.05, 0) is 23.8 Å². The number of carboxylic acid groups (broad SMARTS) is 1. The first-order valence-electron chi connectivity index (χ1n) is 6.40. The molecule has 0 atom stereocenters. The second-order valence-corrected chi connectivity index (χ2v) is 4.49. The summed E-state index contributed by atoms with van der Waals surface area (Å²) in [6.45, 7) is 0. The van der Waals surface area contributed by atoms with Gasteiger partial charge in [0.1, 0.15) is 5.75 Å². The van der Waals surface area contributed by atoms with E-state index < -0.39 is 24.5 Å². The van der Waals surface area contributed by atoms with E-state index >= 15 is 0 Å². The molecule has 122 valence electrons. The van der Waals surface area contributed by atoms with Gasteiger partial charge in [0.2, 0.25) is 5.88 Å². The summed E-state index contributed by atoms with van der Waals surface area (Å²) in [5.74, 6) is -1.30. The van der Waals surface area contributed by atoms with Crippen LogP contribution >= 0.6 is 0 Å². The van der Waals surface area contributed by atoms with E-state index in [2.05, 4.69) is 9.72 Å². The van der Waals surface area contributed by atoms with Crippen LogP contribution in [0.15, 0.2) is 36.4 Å². The van der Waals surface area contributed by atoms with E-state index in [1.807, 2.05) is 0 Å². The fraction of sp³-hybridized carbons (Fsp3) is 0.200. The van der Waals surface area contributed by atoms with Crippen molar-refractivity contribution in [2.24, 2.45) is 0 Å². The Kier molecular flexibility index (Phi) is 4.73. The number of benzene rings is 1. The van der Waals surface area contributed by atoms with E-state index in [1.165, 1.54) is 37.4 Å². The average molecular weight is 327 g/mol. The number of hydrogen-bond acceptors (Lipinski definition) is 4. The Morgan fingerprint density at radius 2 is 2.00 bits per heavy atom. The second kappa shape index (κ2) is 6.55. The number of rotatable bonds is 5. The van der Waals surface area contributed by atoms with E-state index in [-0.39, 0.29) is 11.6 Å². The molecule has 0 aliphatic rings. The van der Waals surface area contributed by atoms with Crippen LogP contribution in [-0.2, 0) is 11.2 Å². The molecule has 2 aromatic rings. The lowest BCUT2D eigenvalue weighted by Crippen LogP contribution is -2.17. The highest BCUT2D eigenvalue weighted by atomic mass is 19.4. The molecule has 1 heterocycles. The highest BCUT2D eigenvalue weighted by molar-refractivity contribution is 5.76. The van der Waals surface area contributed by atoms with Gasteiger partial charge in [0.05, 0.1) is 19.2 Å². The van der Waals surface area contributed by atoms with Gasteiger partial charge in [-0.1, -0.05) is 12.1 Å². The maximum Gasteiger partial charge on any atom is 0.573 e. The maximum absolute atomic E-state index is 12.3. The summed E-state index contributed by atoms with van der Waals surface area (Å²) in [6.07, 6.45) is -5.20. The van der Waals surface area contributed by atoms with Crippen LogP contribution in [0.25, 0.3) is 11.1 Å². The van der Waals surface area contributed by atoms with Gasteiger partial charge in [-0.3, -0.25) is 4.79 Å². The molecule has 1 aromatic heterocycles.